The highest BCUT2D eigenvalue weighted by Gasteiger charge is 2.33. The number of ether oxygens (including phenoxy) is 1. The molecule has 1 fully saturated rings. The molecule has 3 rings (SSSR count). The van der Waals surface area contributed by atoms with E-state index in [2.05, 4.69) is 0 Å². The minimum absolute atomic E-state index is 0.0592. The van der Waals surface area contributed by atoms with Gasteiger partial charge in [0, 0.05) is 0 Å². The monoisotopic (exact) mass is 399 g/mol. The van der Waals surface area contributed by atoms with Gasteiger partial charge in [0.05, 0.1) is 23.6 Å². The van der Waals surface area contributed by atoms with E-state index in [-0.39, 0.29) is 12.3 Å². The fourth-order valence-corrected chi connectivity index (χ4v) is 3.91. The Kier molecular flexibility index (Phi) is 5.93. The largest absolute Gasteiger partial charge is 0.494 e. The third-order valence-electron chi connectivity index (χ3n) is 3.83. The standard InChI is InChI=1S/C20H17NO4S2/c1-2-25-16-9-5-13(6-10-16)11-17-19(24)21(20(26)27-17)15-7-3-14(4-8-15)12-18(22)23/h3-11H,2,12H2,1H3,(H,22,23)/b17-11-. The molecule has 138 valence electrons. The van der Waals surface area contributed by atoms with E-state index in [1.54, 1.807) is 30.3 Å². The summed E-state index contributed by atoms with van der Waals surface area (Å²) in [5, 5.41) is 8.85. The molecule has 2 aromatic carbocycles. The lowest BCUT2D eigenvalue weighted by Crippen LogP contribution is -2.27. The maximum atomic E-state index is 12.8. The molecule has 0 aliphatic carbocycles. The maximum absolute atomic E-state index is 12.8. The first-order chi connectivity index (χ1) is 13.0. The molecule has 0 unspecified atom stereocenters. The highest BCUT2D eigenvalue weighted by molar-refractivity contribution is 8.27. The van der Waals surface area contributed by atoms with Crippen molar-refractivity contribution in [2.45, 2.75) is 13.3 Å². The number of hydrogen-bond acceptors (Lipinski definition) is 5. The van der Waals surface area contributed by atoms with Crippen molar-refractivity contribution in [3.8, 4) is 5.75 Å². The van der Waals surface area contributed by atoms with Gasteiger partial charge >= 0.3 is 5.97 Å². The Balaban J connectivity index is 1.79. The number of thiocarbonyl (C=S) groups is 1. The minimum atomic E-state index is -0.897. The van der Waals surface area contributed by atoms with Crippen LogP contribution in [-0.2, 0) is 16.0 Å². The number of anilines is 1. The van der Waals surface area contributed by atoms with Crippen molar-refractivity contribution in [2.75, 3.05) is 11.5 Å². The van der Waals surface area contributed by atoms with Crippen LogP contribution in [0.2, 0.25) is 0 Å². The molecule has 7 heteroatoms. The quantitative estimate of drug-likeness (QED) is 0.582. The lowest BCUT2D eigenvalue weighted by Gasteiger charge is -2.14. The summed E-state index contributed by atoms with van der Waals surface area (Å²) >= 11 is 6.61. The molecule has 1 heterocycles. The number of carbonyl (C=O) groups excluding carboxylic acids is 1. The molecule has 0 radical (unpaired) electrons. The summed E-state index contributed by atoms with van der Waals surface area (Å²) in [4.78, 5) is 25.6. The molecule has 1 N–H and O–H groups in total. The molecule has 1 saturated heterocycles. The van der Waals surface area contributed by atoms with E-state index in [4.69, 9.17) is 22.1 Å². The van der Waals surface area contributed by atoms with Crippen molar-refractivity contribution >= 4 is 51.9 Å². The number of rotatable bonds is 6. The van der Waals surface area contributed by atoms with E-state index >= 15 is 0 Å². The van der Waals surface area contributed by atoms with E-state index in [1.165, 1.54) is 16.7 Å². The average Bonchev–Trinajstić information content (AvgIpc) is 2.91. The summed E-state index contributed by atoms with van der Waals surface area (Å²) in [6, 6.07) is 14.3. The predicted molar refractivity (Wildman–Crippen MR) is 111 cm³/mol. The molecule has 1 aliphatic heterocycles. The fraction of sp³-hybridized carbons (Fsp3) is 0.150. The number of amides is 1. The predicted octanol–water partition coefficient (Wildman–Crippen LogP) is 4.12. The molecular weight excluding hydrogens is 382 g/mol. The van der Waals surface area contributed by atoms with Crippen molar-refractivity contribution in [1.29, 1.82) is 0 Å². The molecule has 1 aliphatic rings. The second-order valence-electron chi connectivity index (χ2n) is 5.76. The topological polar surface area (TPSA) is 66.8 Å². The lowest BCUT2D eigenvalue weighted by atomic mass is 10.1. The molecule has 1 amide bonds. The Hall–Kier alpha value is -2.64. The van der Waals surface area contributed by atoms with Gasteiger partial charge in [0.1, 0.15) is 5.75 Å². The van der Waals surface area contributed by atoms with E-state index < -0.39 is 5.97 Å². The van der Waals surface area contributed by atoms with Gasteiger partial charge in [0.15, 0.2) is 4.32 Å². The van der Waals surface area contributed by atoms with E-state index in [0.29, 0.717) is 27.1 Å². The van der Waals surface area contributed by atoms with Gasteiger partial charge in [-0.05, 0) is 48.4 Å². The Morgan fingerprint density at radius 2 is 1.85 bits per heavy atom. The minimum Gasteiger partial charge on any atom is -0.494 e. The summed E-state index contributed by atoms with van der Waals surface area (Å²) in [5.74, 6) is -0.305. The second-order valence-corrected chi connectivity index (χ2v) is 7.43. The van der Waals surface area contributed by atoms with Gasteiger partial charge in [0.2, 0.25) is 0 Å². The zero-order chi connectivity index (χ0) is 19.4. The van der Waals surface area contributed by atoms with Gasteiger partial charge in [-0.1, -0.05) is 48.2 Å². The van der Waals surface area contributed by atoms with Crippen molar-refractivity contribution < 1.29 is 19.4 Å². The number of carboxylic acid groups (broad SMARTS) is 1. The average molecular weight is 399 g/mol. The van der Waals surface area contributed by atoms with Crippen LogP contribution < -0.4 is 9.64 Å². The zero-order valence-corrected chi connectivity index (χ0v) is 16.2. The fourth-order valence-electron chi connectivity index (χ4n) is 2.61. The first kappa shape index (κ1) is 19.1. The molecule has 5 nitrogen and oxygen atoms in total. The van der Waals surface area contributed by atoms with Crippen LogP contribution in [0.25, 0.3) is 6.08 Å². The molecule has 0 bridgehead atoms. The van der Waals surface area contributed by atoms with Crippen molar-refractivity contribution in [1.82, 2.24) is 0 Å². The summed E-state index contributed by atoms with van der Waals surface area (Å²) in [5.41, 5.74) is 2.18. The lowest BCUT2D eigenvalue weighted by molar-refractivity contribution is -0.136. The van der Waals surface area contributed by atoms with Crippen LogP contribution >= 0.6 is 24.0 Å². The Morgan fingerprint density at radius 3 is 2.44 bits per heavy atom. The number of carbonyl (C=O) groups is 2. The Labute approximate surface area is 166 Å². The number of nitrogens with zero attached hydrogens (tertiary/aromatic N) is 1. The van der Waals surface area contributed by atoms with Crippen LogP contribution in [0.3, 0.4) is 0 Å². The van der Waals surface area contributed by atoms with Crippen LogP contribution in [0.5, 0.6) is 5.75 Å². The van der Waals surface area contributed by atoms with Crippen LogP contribution in [0.4, 0.5) is 5.69 Å². The summed E-state index contributed by atoms with van der Waals surface area (Å²) in [7, 11) is 0. The highest BCUT2D eigenvalue weighted by Crippen LogP contribution is 2.36. The van der Waals surface area contributed by atoms with Crippen molar-refractivity contribution in [2.24, 2.45) is 0 Å². The van der Waals surface area contributed by atoms with Crippen molar-refractivity contribution in [3.05, 3.63) is 64.6 Å². The smallest absolute Gasteiger partial charge is 0.307 e. The number of hydrogen-bond donors (Lipinski definition) is 1. The van der Waals surface area contributed by atoms with Crippen LogP contribution in [0, 0.1) is 0 Å². The van der Waals surface area contributed by atoms with Gasteiger partial charge in [-0.3, -0.25) is 14.5 Å². The summed E-state index contributed by atoms with van der Waals surface area (Å²) in [6.07, 6.45) is 1.74. The van der Waals surface area contributed by atoms with E-state index in [1.807, 2.05) is 31.2 Å². The molecule has 0 aromatic heterocycles. The van der Waals surface area contributed by atoms with Crippen LogP contribution in [-0.4, -0.2) is 27.9 Å². The third kappa shape index (κ3) is 4.56. The Morgan fingerprint density at radius 1 is 1.19 bits per heavy atom. The van der Waals surface area contributed by atoms with Gasteiger partial charge < -0.3 is 9.84 Å². The van der Waals surface area contributed by atoms with Gasteiger partial charge in [-0.15, -0.1) is 0 Å². The first-order valence-electron chi connectivity index (χ1n) is 8.29. The third-order valence-corrected chi connectivity index (χ3v) is 5.13. The Bertz CT molecular complexity index is 905. The van der Waals surface area contributed by atoms with Gasteiger partial charge in [0.25, 0.3) is 5.91 Å². The van der Waals surface area contributed by atoms with Crippen LogP contribution in [0.15, 0.2) is 53.4 Å². The number of benzene rings is 2. The molecular formula is C20H17NO4S2. The normalized spacial score (nSPS) is 15.4. The molecule has 0 saturated carbocycles. The molecule has 0 atom stereocenters. The zero-order valence-electron chi connectivity index (χ0n) is 14.5. The second kappa shape index (κ2) is 8.37. The highest BCUT2D eigenvalue weighted by atomic mass is 32.2. The van der Waals surface area contributed by atoms with Crippen molar-refractivity contribution in [3.63, 3.8) is 0 Å². The molecule has 0 spiro atoms. The summed E-state index contributed by atoms with van der Waals surface area (Å²) < 4.78 is 5.87. The maximum Gasteiger partial charge on any atom is 0.307 e. The first-order valence-corrected chi connectivity index (χ1v) is 9.52. The SMILES string of the molecule is CCOc1ccc(/C=C2\SC(=S)N(c3ccc(CC(=O)O)cc3)C2=O)cc1. The summed E-state index contributed by atoms with van der Waals surface area (Å²) in [6.45, 7) is 2.52. The van der Waals surface area contributed by atoms with Gasteiger partial charge in [-0.2, -0.15) is 0 Å². The number of aliphatic carboxylic acids is 1. The van der Waals surface area contributed by atoms with Crippen LogP contribution in [0.1, 0.15) is 18.1 Å². The van der Waals surface area contributed by atoms with Gasteiger partial charge in [-0.25, -0.2) is 0 Å². The molecule has 2 aromatic rings. The van der Waals surface area contributed by atoms with E-state index in [0.717, 1.165) is 11.3 Å². The number of thioether (sulfide) groups is 1. The molecule has 27 heavy (non-hydrogen) atoms. The van der Waals surface area contributed by atoms with E-state index in [9.17, 15) is 9.59 Å². The number of carboxylic acids is 1.